The van der Waals surface area contributed by atoms with Crippen LogP contribution in [0.2, 0.25) is 10.0 Å². The van der Waals surface area contributed by atoms with Crippen LogP contribution in [0.3, 0.4) is 0 Å². The Morgan fingerprint density at radius 2 is 1.69 bits per heavy atom. The van der Waals surface area contributed by atoms with Gasteiger partial charge in [0.15, 0.2) is 11.6 Å². The molecule has 1 aromatic heterocycles. The van der Waals surface area contributed by atoms with E-state index in [1.165, 1.54) is 6.33 Å². The summed E-state index contributed by atoms with van der Waals surface area (Å²) in [5, 5.41) is 0.804. The Morgan fingerprint density at radius 1 is 1.06 bits per heavy atom. The predicted molar refractivity (Wildman–Crippen MR) is 61.9 cm³/mol. The molecule has 0 aliphatic rings. The summed E-state index contributed by atoms with van der Waals surface area (Å²) in [5.41, 5.74) is 5.88. The van der Waals surface area contributed by atoms with Gasteiger partial charge in [-0.3, -0.25) is 0 Å². The molecule has 2 rings (SSSR count). The van der Waals surface area contributed by atoms with Crippen molar-refractivity contribution in [3.05, 3.63) is 40.4 Å². The molecule has 0 atom stereocenters. The van der Waals surface area contributed by atoms with Crippen LogP contribution in [0, 0.1) is 5.82 Å². The summed E-state index contributed by atoms with van der Waals surface area (Å²) in [6, 6.07) is 4.66. The van der Waals surface area contributed by atoms with Crippen molar-refractivity contribution in [2.45, 2.75) is 0 Å². The Morgan fingerprint density at radius 3 is 2.31 bits per heavy atom. The van der Waals surface area contributed by atoms with E-state index in [1.807, 2.05) is 0 Å². The number of rotatable bonds is 1. The SMILES string of the molecule is Nc1ncnc(-c2cc(Cl)cc(Cl)c2)c1F. The first-order valence-corrected chi connectivity index (χ1v) is 5.06. The van der Waals surface area contributed by atoms with Gasteiger partial charge in [0.25, 0.3) is 0 Å². The number of anilines is 1. The molecule has 0 bridgehead atoms. The quantitative estimate of drug-likeness (QED) is 0.854. The molecule has 0 amide bonds. The summed E-state index contributed by atoms with van der Waals surface area (Å²) in [7, 11) is 0. The summed E-state index contributed by atoms with van der Waals surface area (Å²) in [6.07, 6.45) is 1.18. The third kappa shape index (κ3) is 2.08. The standard InChI is InChI=1S/C10H6Cl2FN3/c11-6-1-5(2-7(12)3-6)9-8(13)10(14)16-4-15-9/h1-4H,(H2,14,15,16). The minimum atomic E-state index is -0.680. The first-order chi connectivity index (χ1) is 7.58. The summed E-state index contributed by atoms with van der Waals surface area (Å²) in [4.78, 5) is 7.34. The smallest absolute Gasteiger partial charge is 0.191 e. The van der Waals surface area contributed by atoms with Crippen LogP contribution in [0.5, 0.6) is 0 Å². The van der Waals surface area contributed by atoms with E-state index in [0.29, 0.717) is 15.6 Å². The summed E-state index contributed by atoms with van der Waals surface area (Å²) in [6.45, 7) is 0. The van der Waals surface area contributed by atoms with Crippen LogP contribution >= 0.6 is 23.2 Å². The van der Waals surface area contributed by atoms with Crippen molar-refractivity contribution in [2.24, 2.45) is 0 Å². The Hall–Kier alpha value is -1.39. The lowest BCUT2D eigenvalue weighted by Crippen LogP contribution is -1.99. The van der Waals surface area contributed by atoms with Crippen LogP contribution in [0.1, 0.15) is 0 Å². The molecule has 0 spiro atoms. The number of nitrogens with two attached hydrogens (primary N) is 1. The number of aromatic nitrogens is 2. The van der Waals surface area contributed by atoms with E-state index in [0.717, 1.165) is 0 Å². The predicted octanol–water partition coefficient (Wildman–Crippen LogP) is 3.17. The first-order valence-electron chi connectivity index (χ1n) is 4.30. The second kappa shape index (κ2) is 4.23. The average molecular weight is 258 g/mol. The number of hydrogen-bond acceptors (Lipinski definition) is 3. The van der Waals surface area contributed by atoms with E-state index in [-0.39, 0.29) is 11.5 Å². The van der Waals surface area contributed by atoms with Crippen LogP contribution in [0.25, 0.3) is 11.3 Å². The maximum Gasteiger partial charge on any atom is 0.191 e. The third-order valence-electron chi connectivity index (χ3n) is 1.95. The monoisotopic (exact) mass is 257 g/mol. The molecule has 2 aromatic rings. The van der Waals surface area contributed by atoms with Gasteiger partial charge in [-0.2, -0.15) is 0 Å². The Labute approximate surface area is 101 Å². The fourth-order valence-electron chi connectivity index (χ4n) is 1.28. The zero-order valence-corrected chi connectivity index (χ0v) is 9.43. The molecule has 0 unspecified atom stereocenters. The van der Waals surface area contributed by atoms with Gasteiger partial charge in [0.1, 0.15) is 12.0 Å². The van der Waals surface area contributed by atoms with Crippen LogP contribution in [-0.2, 0) is 0 Å². The van der Waals surface area contributed by atoms with Crippen LogP contribution in [-0.4, -0.2) is 9.97 Å². The lowest BCUT2D eigenvalue weighted by molar-refractivity contribution is 0.624. The molecule has 0 fully saturated rings. The Kier molecular flexibility index (Phi) is 2.94. The van der Waals surface area contributed by atoms with Crippen molar-refractivity contribution in [2.75, 3.05) is 5.73 Å². The zero-order valence-electron chi connectivity index (χ0n) is 7.92. The van der Waals surface area contributed by atoms with Crippen molar-refractivity contribution < 1.29 is 4.39 Å². The van der Waals surface area contributed by atoms with Gasteiger partial charge in [-0.1, -0.05) is 23.2 Å². The van der Waals surface area contributed by atoms with Gasteiger partial charge in [-0.25, -0.2) is 14.4 Å². The second-order valence-corrected chi connectivity index (χ2v) is 3.95. The fourth-order valence-corrected chi connectivity index (χ4v) is 1.80. The average Bonchev–Trinajstić information content (AvgIpc) is 2.20. The van der Waals surface area contributed by atoms with Crippen LogP contribution < -0.4 is 5.73 Å². The minimum absolute atomic E-state index is 0.0805. The molecular formula is C10H6Cl2FN3. The topological polar surface area (TPSA) is 51.8 Å². The molecule has 0 saturated carbocycles. The summed E-state index contributed by atoms with van der Waals surface area (Å²) >= 11 is 11.6. The van der Waals surface area contributed by atoms with Crippen molar-refractivity contribution in [3.63, 3.8) is 0 Å². The van der Waals surface area contributed by atoms with Gasteiger partial charge in [0.2, 0.25) is 0 Å². The van der Waals surface area contributed by atoms with Crippen molar-refractivity contribution in [3.8, 4) is 11.3 Å². The largest absolute Gasteiger partial charge is 0.381 e. The number of benzene rings is 1. The maximum absolute atomic E-state index is 13.6. The van der Waals surface area contributed by atoms with E-state index in [1.54, 1.807) is 18.2 Å². The molecule has 6 heteroatoms. The molecule has 16 heavy (non-hydrogen) atoms. The molecule has 2 N–H and O–H groups in total. The van der Waals surface area contributed by atoms with Gasteiger partial charge in [-0.05, 0) is 18.2 Å². The number of halogens is 3. The van der Waals surface area contributed by atoms with E-state index in [2.05, 4.69) is 9.97 Å². The molecule has 82 valence electrons. The fraction of sp³-hybridized carbons (Fsp3) is 0. The third-order valence-corrected chi connectivity index (χ3v) is 2.39. The molecule has 1 heterocycles. The van der Waals surface area contributed by atoms with E-state index < -0.39 is 5.82 Å². The van der Waals surface area contributed by atoms with Gasteiger partial charge in [-0.15, -0.1) is 0 Å². The van der Waals surface area contributed by atoms with Gasteiger partial charge in [0, 0.05) is 15.6 Å². The molecule has 0 aliphatic carbocycles. The Balaban J connectivity index is 2.63. The lowest BCUT2D eigenvalue weighted by Gasteiger charge is -2.04. The minimum Gasteiger partial charge on any atom is -0.381 e. The zero-order chi connectivity index (χ0) is 11.7. The van der Waals surface area contributed by atoms with Gasteiger partial charge >= 0.3 is 0 Å². The van der Waals surface area contributed by atoms with E-state index >= 15 is 0 Å². The number of nitrogens with zero attached hydrogens (tertiary/aromatic N) is 2. The van der Waals surface area contributed by atoms with Crippen molar-refractivity contribution >= 4 is 29.0 Å². The number of hydrogen-bond donors (Lipinski definition) is 1. The highest BCUT2D eigenvalue weighted by Crippen LogP contribution is 2.28. The lowest BCUT2D eigenvalue weighted by atomic mass is 10.1. The van der Waals surface area contributed by atoms with Crippen molar-refractivity contribution in [1.82, 2.24) is 9.97 Å². The first kappa shape index (κ1) is 11.1. The molecule has 1 aromatic carbocycles. The van der Waals surface area contributed by atoms with Crippen LogP contribution in [0.4, 0.5) is 10.2 Å². The highest BCUT2D eigenvalue weighted by atomic mass is 35.5. The molecule has 3 nitrogen and oxygen atoms in total. The highest BCUT2D eigenvalue weighted by Gasteiger charge is 2.11. The van der Waals surface area contributed by atoms with Crippen LogP contribution in [0.15, 0.2) is 24.5 Å². The molecule has 0 saturated heterocycles. The molecular weight excluding hydrogens is 252 g/mol. The molecule has 0 aliphatic heterocycles. The summed E-state index contributed by atoms with van der Waals surface area (Å²) < 4.78 is 13.6. The second-order valence-electron chi connectivity index (χ2n) is 3.08. The maximum atomic E-state index is 13.6. The van der Waals surface area contributed by atoms with Gasteiger partial charge in [0.05, 0.1) is 0 Å². The molecule has 0 radical (unpaired) electrons. The number of nitrogen functional groups attached to an aromatic ring is 1. The highest BCUT2D eigenvalue weighted by molar-refractivity contribution is 6.35. The normalized spacial score (nSPS) is 10.4. The summed E-state index contributed by atoms with van der Waals surface area (Å²) in [5.74, 6) is -0.887. The van der Waals surface area contributed by atoms with E-state index in [9.17, 15) is 4.39 Å². The Bertz CT molecular complexity index is 525. The van der Waals surface area contributed by atoms with Gasteiger partial charge < -0.3 is 5.73 Å². The van der Waals surface area contributed by atoms with E-state index in [4.69, 9.17) is 28.9 Å². The van der Waals surface area contributed by atoms with Crippen molar-refractivity contribution in [1.29, 1.82) is 0 Å².